The van der Waals surface area contributed by atoms with E-state index in [-0.39, 0.29) is 12.4 Å². The molecule has 0 spiro atoms. The molecule has 0 aliphatic carbocycles. The molecule has 4 heteroatoms. The maximum atomic E-state index is 5.26. The molecule has 1 rings (SSSR count). The minimum Gasteiger partial charge on any atom is -1.00 e. The van der Waals surface area contributed by atoms with Gasteiger partial charge in [0.05, 0.1) is 0 Å². The summed E-state index contributed by atoms with van der Waals surface area (Å²) < 4.78 is 2.02. The molecule has 0 aliphatic heterocycles. The molecule has 0 aliphatic rings. The first kappa shape index (κ1) is 9.75. The Kier molecular flexibility index (Phi) is 5.39. The van der Waals surface area contributed by atoms with E-state index in [1.165, 1.54) is 11.9 Å². The van der Waals surface area contributed by atoms with Crippen molar-refractivity contribution in [3.05, 3.63) is 30.6 Å². The first-order valence-electron chi connectivity index (χ1n) is 2.69. The van der Waals surface area contributed by atoms with E-state index >= 15 is 0 Å². The number of pyridine rings is 1. The molecule has 1 aromatic rings. The average Bonchev–Trinajstić information content (AvgIpc) is 1.91. The largest absolute Gasteiger partial charge is 1.00 e. The Hall–Kier alpha value is -0.250. The predicted molar refractivity (Wildman–Crippen MR) is 38.4 cm³/mol. The summed E-state index contributed by atoms with van der Waals surface area (Å²) in [6, 6.07) is 5.95. The van der Waals surface area contributed by atoms with E-state index in [0.717, 1.165) is 5.88 Å². The molecule has 0 aromatic carbocycles. The monoisotopic (exact) mass is 176 g/mol. The second-order valence-electron chi connectivity index (χ2n) is 1.69. The third-order valence-electron chi connectivity index (χ3n) is 1.00. The van der Waals surface area contributed by atoms with Crippen molar-refractivity contribution in [2.45, 2.75) is 5.88 Å². The van der Waals surface area contributed by atoms with Gasteiger partial charge in [-0.25, -0.2) is 0 Å². The van der Waals surface area contributed by atoms with Gasteiger partial charge in [0.25, 0.3) is 0 Å². The summed E-state index contributed by atoms with van der Waals surface area (Å²) in [4.78, 5) is 0. The lowest BCUT2D eigenvalue weighted by molar-refractivity contribution is -0.676. The van der Waals surface area contributed by atoms with Gasteiger partial charge < -0.3 is 12.4 Å². The van der Waals surface area contributed by atoms with Crippen LogP contribution in [-0.4, -0.2) is 0 Å². The fraction of sp³-hybridized carbons (Fsp3) is 0.167. The minimum absolute atomic E-state index is 0. The van der Waals surface area contributed by atoms with Crippen molar-refractivity contribution < 1.29 is 17.0 Å². The molecule has 0 saturated heterocycles. The topological polar surface area (TPSA) is 29.9 Å². The van der Waals surface area contributed by atoms with Crippen LogP contribution in [0.1, 0.15) is 0 Å². The molecule has 1 heterocycles. The summed E-state index contributed by atoms with van der Waals surface area (Å²) in [7, 11) is 0. The van der Waals surface area contributed by atoms with Crippen molar-refractivity contribution in [2.75, 3.05) is 0 Å². The van der Waals surface area contributed by atoms with E-state index in [1.54, 1.807) is 0 Å². The Morgan fingerprint density at radius 3 is 2.30 bits per heavy atom. The Labute approximate surface area is 71.0 Å². The first-order valence-corrected chi connectivity index (χ1v) is 3.74. The number of hydrogen-bond acceptors (Lipinski definition) is 2. The van der Waals surface area contributed by atoms with Crippen LogP contribution in [0.25, 0.3) is 0 Å². The van der Waals surface area contributed by atoms with Crippen LogP contribution in [0.2, 0.25) is 0 Å². The molecular formula is C6H9ClN2S. The summed E-state index contributed by atoms with van der Waals surface area (Å²) in [5.41, 5.74) is 0. The van der Waals surface area contributed by atoms with Crippen molar-refractivity contribution in [1.29, 1.82) is 0 Å². The van der Waals surface area contributed by atoms with Crippen LogP contribution in [0.5, 0.6) is 0 Å². The molecule has 0 unspecified atom stereocenters. The molecule has 0 fully saturated rings. The molecule has 10 heavy (non-hydrogen) atoms. The Bertz CT molecular complexity index is 169. The highest BCUT2D eigenvalue weighted by molar-refractivity contribution is 7.95. The van der Waals surface area contributed by atoms with Crippen molar-refractivity contribution in [3.63, 3.8) is 0 Å². The fourth-order valence-electron chi connectivity index (χ4n) is 0.606. The second kappa shape index (κ2) is 5.53. The van der Waals surface area contributed by atoms with Gasteiger partial charge in [-0.2, -0.15) is 4.57 Å². The lowest BCUT2D eigenvalue weighted by Gasteiger charge is -1.88. The second-order valence-corrected chi connectivity index (χ2v) is 2.28. The van der Waals surface area contributed by atoms with Crippen LogP contribution >= 0.6 is 11.9 Å². The van der Waals surface area contributed by atoms with Gasteiger partial charge in [-0.1, -0.05) is 6.07 Å². The summed E-state index contributed by atoms with van der Waals surface area (Å²) in [6.07, 6.45) is 3.97. The highest BCUT2D eigenvalue weighted by atomic mass is 35.5. The molecule has 1 aromatic heterocycles. The predicted octanol–water partition coefficient (Wildman–Crippen LogP) is -2.46. The van der Waals surface area contributed by atoms with Gasteiger partial charge in [0.15, 0.2) is 12.4 Å². The van der Waals surface area contributed by atoms with Gasteiger partial charge in [0.2, 0.25) is 5.88 Å². The van der Waals surface area contributed by atoms with E-state index in [0.29, 0.717) is 0 Å². The maximum absolute atomic E-state index is 5.26. The average molecular weight is 177 g/mol. The highest BCUT2D eigenvalue weighted by Crippen LogP contribution is 1.83. The van der Waals surface area contributed by atoms with E-state index in [2.05, 4.69) is 0 Å². The molecule has 0 atom stereocenters. The lowest BCUT2D eigenvalue weighted by atomic mass is 10.5. The van der Waals surface area contributed by atoms with Crippen LogP contribution in [0.15, 0.2) is 30.6 Å². The summed E-state index contributed by atoms with van der Waals surface area (Å²) in [6.45, 7) is 0. The number of aromatic nitrogens is 1. The quantitative estimate of drug-likeness (QED) is 0.401. The Morgan fingerprint density at radius 2 is 1.80 bits per heavy atom. The number of nitrogens with two attached hydrogens (primary N) is 1. The van der Waals surface area contributed by atoms with Crippen molar-refractivity contribution in [1.82, 2.24) is 0 Å². The standard InChI is InChI=1S/C6H9N2S.ClH/c7-9-6-8-4-2-1-3-5-8;/h1-5H,6-7H2;1H/q+1;/p-1. The van der Waals surface area contributed by atoms with E-state index < -0.39 is 0 Å². The Balaban J connectivity index is 0.000000810. The minimum atomic E-state index is 0. The van der Waals surface area contributed by atoms with Gasteiger partial charge >= 0.3 is 0 Å². The zero-order valence-corrected chi connectivity index (χ0v) is 6.98. The zero-order valence-electron chi connectivity index (χ0n) is 5.40. The lowest BCUT2D eigenvalue weighted by Crippen LogP contribution is -3.00. The number of rotatable bonds is 2. The third kappa shape index (κ3) is 3.06. The fourth-order valence-corrected chi connectivity index (χ4v) is 0.951. The van der Waals surface area contributed by atoms with Gasteiger partial charge in [-0.3, -0.25) is 5.14 Å². The molecule has 0 bridgehead atoms. The molecule has 0 saturated carbocycles. The third-order valence-corrected chi connectivity index (χ3v) is 1.45. The molecule has 2 nitrogen and oxygen atoms in total. The summed E-state index contributed by atoms with van der Waals surface area (Å²) in [5, 5.41) is 5.26. The Morgan fingerprint density at radius 1 is 1.20 bits per heavy atom. The number of nitrogens with zero attached hydrogens (tertiary/aromatic N) is 1. The summed E-state index contributed by atoms with van der Waals surface area (Å²) in [5.74, 6) is 0.820. The van der Waals surface area contributed by atoms with E-state index in [9.17, 15) is 0 Å². The molecule has 56 valence electrons. The van der Waals surface area contributed by atoms with Gasteiger partial charge in [-0.05, 0) is 11.9 Å². The molecular weight excluding hydrogens is 168 g/mol. The van der Waals surface area contributed by atoms with Crippen LogP contribution < -0.4 is 22.1 Å². The first-order chi connectivity index (χ1) is 4.43. The van der Waals surface area contributed by atoms with Crippen molar-refractivity contribution >= 4 is 11.9 Å². The van der Waals surface area contributed by atoms with E-state index in [1.807, 2.05) is 35.2 Å². The molecule has 0 amide bonds. The van der Waals surface area contributed by atoms with Gasteiger partial charge in [0, 0.05) is 12.1 Å². The maximum Gasteiger partial charge on any atom is 0.207 e. The highest BCUT2D eigenvalue weighted by Gasteiger charge is 1.91. The van der Waals surface area contributed by atoms with Crippen LogP contribution in [0, 0.1) is 0 Å². The van der Waals surface area contributed by atoms with Crippen LogP contribution in [-0.2, 0) is 5.88 Å². The van der Waals surface area contributed by atoms with E-state index in [4.69, 9.17) is 5.14 Å². The zero-order chi connectivity index (χ0) is 6.53. The van der Waals surface area contributed by atoms with Gasteiger partial charge in [-0.15, -0.1) is 0 Å². The van der Waals surface area contributed by atoms with Gasteiger partial charge in [0.1, 0.15) is 0 Å². The SMILES string of the molecule is NSC[n+]1ccccc1.[Cl-]. The smallest absolute Gasteiger partial charge is 0.207 e. The molecule has 0 radical (unpaired) electrons. The number of hydrogen-bond donors (Lipinski definition) is 1. The molecule has 2 N–H and O–H groups in total. The van der Waals surface area contributed by atoms with Crippen LogP contribution in [0.4, 0.5) is 0 Å². The number of halogens is 1. The van der Waals surface area contributed by atoms with Crippen LogP contribution in [0.3, 0.4) is 0 Å². The van der Waals surface area contributed by atoms with Crippen molar-refractivity contribution in [2.24, 2.45) is 5.14 Å². The normalized spacial score (nSPS) is 8.50. The van der Waals surface area contributed by atoms with Crippen molar-refractivity contribution in [3.8, 4) is 0 Å². The summed E-state index contributed by atoms with van der Waals surface area (Å²) >= 11 is 1.32.